The number of benzene rings is 1. The monoisotopic (exact) mass is 305 g/mol. The van der Waals surface area contributed by atoms with Gasteiger partial charge in [-0.25, -0.2) is 0 Å². The van der Waals surface area contributed by atoms with Crippen LogP contribution in [-0.2, 0) is 7.05 Å². The molecule has 4 heteroatoms. The highest BCUT2D eigenvalue weighted by Gasteiger charge is 2.15. The number of hydrogen-bond donors (Lipinski definition) is 1. The second-order valence-corrected chi connectivity index (χ2v) is 5.44. The maximum atomic E-state index is 10.3. The Bertz CT molecular complexity index is 558. The first kappa shape index (κ1) is 18.7. The van der Waals surface area contributed by atoms with Crippen molar-refractivity contribution in [1.82, 2.24) is 14.7 Å². The van der Waals surface area contributed by atoms with Crippen LogP contribution in [0, 0.1) is 0 Å². The number of rotatable bonds is 4. The summed E-state index contributed by atoms with van der Waals surface area (Å²) in [5.41, 5.74) is 2.11. The summed E-state index contributed by atoms with van der Waals surface area (Å²) in [5, 5.41) is 15.6. The summed E-state index contributed by atoms with van der Waals surface area (Å²) in [6, 6.07) is 6.10. The Kier molecular flexibility index (Phi) is 7.56. The maximum Gasteiger partial charge on any atom is 0.0802 e. The van der Waals surface area contributed by atoms with Gasteiger partial charge >= 0.3 is 0 Å². The average molecular weight is 305 g/mol. The molecule has 2 aromatic rings. The van der Waals surface area contributed by atoms with Gasteiger partial charge in [-0.15, -0.1) is 0 Å². The van der Waals surface area contributed by atoms with Crippen LogP contribution in [0.25, 0.3) is 10.9 Å². The zero-order valence-electron chi connectivity index (χ0n) is 13.4. The lowest BCUT2D eigenvalue weighted by atomic mass is 10.0. The van der Waals surface area contributed by atoms with Crippen LogP contribution in [0.2, 0.25) is 0 Å². The fourth-order valence-corrected chi connectivity index (χ4v) is 2.87. The largest absolute Gasteiger partial charge is 0.388 e. The lowest BCUT2D eigenvalue weighted by molar-refractivity contribution is 0.149. The topological polar surface area (TPSA) is 41.3 Å². The molecule has 0 amide bonds. The van der Waals surface area contributed by atoms with Crippen molar-refractivity contribution in [2.45, 2.75) is 46.6 Å². The molecule has 22 heavy (non-hydrogen) atoms. The van der Waals surface area contributed by atoms with Gasteiger partial charge in [0.25, 0.3) is 0 Å². The smallest absolute Gasteiger partial charge is 0.0802 e. The Hall–Kier alpha value is -1.39. The Morgan fingerprint density at radius 3 is 2.59 bits per heavy atom. The molecule has 0 spiro atoms. The van der Waals surface area contributed by atoms with Gasteiger partial charge in [0.05, 0.1) is 17.8 Å². The van der Waals surface area contributed by atoms with Crippen molar-refractivity contribution in [3.05, 3.63) is 30.0 Å². The lowest BCUT2D eigenvalue weighted by Gasteiger charge is -2.17. The van der Waals surface area contributed by atoms with Crippen molar-refractivity contribution in [2.75, 3.05) is 19.6 Å². The molecule has 0 saturated carbocycles. The second kappa shape index (κ2) is 8.91. The van der Waals surface area contributed by atoms with Gasteiger partial charge in [-0.2, -0.15) is 5.10 Å². The predicted octanol–water partition coefficient (Wildman–Crippen LogP) is 3.75. The van der Waals surface area contributed by atoms with Crippen LogP contribution in [-0.4, -0.2) is 39.4 Å². The maximum absolute atomic E-state index is 10.3. The summed E-state index contributed by atoms with van der Waals surface area (Å²) >= 11 is 0. The molecule has 0 bridgehead atoms. The average Bonchev–Trinajstić information content (AvgIpc) is 3.17. The van der Waals surface area contributed by atoms with E-state index in [0.29, 0.717) is 0 Å². The van der Waals surface area contributed by atoms with E-state index in [2.05, 4.69) is 16.1 Å². The lowest BCUT2D eigenvalue weighted by Crippen LogP contribution is -2.22. The van der Waals surface area contributed by atoms with Gasteiger partial charge in [-0.1, -0.05) is 27.3 Å². The number of nitrogens with zero attached hydrogens (tertiary/aromatic N) is 3. The second-order valence-electron chi connectivity index (χ2n) is 5.44. The third-order valence-corrected chi connectivity index (χ3v) is 4.07. The number of aryl methyl sites for hydroxylation is 1. The van der Waals surface area contributed by atoms with Gasteiger partial charge in [0.2, 0.25) is 0 Å². The number of likely N-dealkylation sites (tertiary alicyclic amines) is 1. The van der Waals surface area contributed by atoms with Gasteiger partial charge in [-0.3, -0.25) is 4.68 Å². The van der Waals surface area contributed by atoms with Crippen LogP contribution in [0.4, 0.5) is 0 Å². The van der Waals surface area contributed by atoms with E-state index in [-0.39, 0.29) is 13.5 Å². The normalized spacial score (nSPS) is 16.0. The van der Waals surface area contributed by atoms with E-state index in [1.54, 1.807) is 0 Å². The Morgan fingerprint density at radius 2 is 1.91 bits per heavy atom. The standard InChI is InChI=1S/C15H21N3O.C2H6.CH4/c1-17-14-5-4-12(10-13(14)11-16-17)15(19)6-9-18-7-2-3-8-18;1-2;/h4-5,10-11,15,19H,2-3,6-9H2,1H3;1-2H3;1H4. The van der Waals surface area contributed by atoms with Crippen LogP contribution < -0.4 is 0 Å². The molecule has 1 aliphatic heterocycles. The van der Waals surface area contributed by atoms with E-state index in [4.69, 9.17) is 0 Å². The van der Waals surface area contributed by atoms with E-state index in [0.717, 1.165) is 29.4 Å². The molecule has 2 heterocycles. The molecule has 1 saturated heterocycles. The van der Waals surface area contributed by atoms with Crippen molar-refractivity contribution in [2.24, 2.45) is 7.05 Å². The molecule has 1 N–H and O–H groups in total. The minimum atomic E-state index is -0.370. The molecule has 0 aliphatic carbocycles. The minimum Gasteiger partial charge on any atom is -0.388 e. The minimum absolute atomic E-state index is 0. The summed E-state index contributed by atoms with van der Waals surface area (Å²) < 4.78 is 1.86. The number of fused-ring (bicyclic) bond motifs is 1. The molecular weight excluding hydrogens is 274 g/mol. The number of aliphatic hydroxyl groups is 1. The molecule has 1 aromatic carbocycles. The van der Waals surface area contributed by atoms with Gasteiger partial charge in [0.1, 0.15) is 0 Å². The Balaban J connectivity index is 0.000000775. The van der Waals surface area contributed by atoms with Crippen LogP contribution in [0.5, 0.6) is 0 Å². The third kappa shape index (κ3) is 4.31. The quantitative estimate of drug-likeness (QED) is 0.935. The predicted molar refractivity (Wildman–Crippen MR) is 94.0 cm³/mol. The summed E-state index contributed by atoms with van der Waals surface area (Å²) in [7, 11) is 1.94. The van der Waals surface area contributed by atoms with Crippen molar-refractivity contribution in [1.29, 1.82) is 0 Å². The summed E-state index contributed by atoms with van der Waals surface area (Å²) in [6.45, 7) is 7.37. The van der Waals surface area contributed by atoms with Crippen molar-refractivity contribution in [3.8, 4) is 0 Å². The number of hydrogen-bond acceptors (Lipinski definition) is 3. The molecular formula is C18H31N3O. The molecule has 4 nitrogen and oxygen atoms in total. The molecule has 1 fully saturated rings. The first-order valence-corrected chi connectivity index (χ1v) is 8.06. The fraction of sp³-hybridized carbons (Fsp3) is 0.611. The zero-order chi connectivity index (χ0) is 15.2. The van der Waals surface area contributed by atoms with Gasteiger partial charge in [-0.05, 0) is 50.0 Å². The van der Waals surface area contributed by atoms with Gasteiger partial charge in [0.15, 0.2) is 0 Å². The Morgan fingerprint density at radius 1 is 1.23 bits per heavy atom. The third-order valence-electron chi connectivity index (χ3n) is 4.07. The first-order valence-electron chi connectivity index (χ1n) is 8.06. The highest BCUT2D eigenvalue weighted by atomic mass is 16.3. The molecule has 1 unspecified atom stereocenters. The molecule has 124 valence electrons. The van der Waals surface area contributed by atoms with E-state index in [9.17, 15) is 5.11 Å². The Labute approximate surface area is 134 Å². The highest BCUT2D eigenvalue weighted by molar-refractivity contribution is 5.79. The zero-order valence-corrected chi connectivity index (χ0v) is 13.4. The summed E-state index contributed by atoms with van der Waals surface area (Å²) in [4.78, 5) is 2.44. The van der Waals surface area contributed by atoms with E-state index >= 15 is 0 Å². The summed E-state index contributed by atoms with van der Waals surface area (Å²) in [5.74, 6) is 0. The SMILES string of the molecule is C.CC.Cn1ncc2cc(C(O)CCN3CCCC3)ccc21. The van der Waals surface area contributed by atoms with Crippen molar-refractivity contribution in [3.63, 3.8) is 0 Å². The molecule has 1 aromatic heterocycles. The fourth-order valence-electron chi connectivity index (χ4n) is 2.87. The first-order chi connectivity index (χ1) is 10.2. The van der Waals surface area contributed by atoms with Crippen LogP contribution in [0.15, 0.2) is 24.4 Å². The van der Waals surface area contributed by atoms with E-state index < -0.39 is 0 Å². The van der Waals surface area contributed by atoms with E-state index in [1.165, 1.54) is 25.9 Å². The highest BCUT2D eigenvalue weighted by Crippen LogP contribution is 2.22. The van der Waals surface area contributed by atoms with Crippen LogP contribution >= 0.6 is 0 Å². The molecule has 1 atom stereocenters. The van der Waals surface area contributed by atoms with Crippen LogP contribution in [0.1, 0.15) is 52.2 Å². The number of aliphatic hydroxyl groups excluding tert-OH is 1. The molecule has 1 aliphatic rings. The van der Waals surface area contributed by atoms with Crippen molar-refractivity contribution < 1.29 is 5.11 Å². The number of aromatic nitrogens is 2. The van der Waals surface area contributed by atoms with E-state index in [1.807, 2.05) is 43.9 Å². The van der Waals surface area contributed by atoms with Gasteiger partial charge in [0, 0.05) is 19.0 Å². The van der Waals surface area contributed by atoms with Gasteiger partial charge < -0.3 is 10.0 Å². The molecule has 0 radical (unpaired) electrons. The van der Waals surface area contributed by atoms with Crippen LogP contribution in [0.3, 0.4) is 0 Å². The summed E-state index contributed by atoms with van der Waals surface area (Å²) in [6.07, 6.45) is 4.90. The molecule has 3 rings (SSSR count). The van der Waals surface area contributed by atoms with Crippen molar-refractivity contribution >= 4 is 10.9 Å².